The van der Waals surface area contributed by atoms with Gasteiger partial charge in [-0.15, -0.1) is 0 Å². The van der Waals surface area contributed by atoms with E-state index in [2.05, 4.69) is 25.7 Å². The van der Waals surface area contributed by atoms with E-state index >= 15 is 0 Å². The molecule has 1 N–H and O–H groups in total. The summed E-state index contributed by atoms with van der Waals surface area (Å²) in [5, 5.41) is 8.90. The zero-order valence-electron chi connectivity index (χ0n) is 11.5. The standard InChI is InChI=1S/C14H31NO/c1-4-14(11-13-16)10-8-7-9-12-15(5-2)6-3/h14,16H,4-13H2,1-3H3/t14-/m1/s1. The van der Waals surface area contributed by atoms with Gasteiger partial charge in [0.25, 0.3) is 0 Å². The molecule has 0 radical (unpaired) electrons. The van der Waals surface area contributed by atoms with Crippen molar-refractivity contribution < 1.29 is 5.11 Å². The van der Waals surface area contributed by atoms with Crippen LogP contribution in [0.15, 0.2) is 0 Å². The van der Waals surface area contributed by atoms with Crippen molar-refractivity contribution in [3.8, 4) is 0 Å². The van der Waals surface area contributed by atoms with Crippen molar-refractivity contribution in [1.82, 2.24) is 4.90 Å². The lowest BCUT2D eigenvalue weighted by Crippen LogP contribution is -2.23. The third kappa shape index (κ3) is 8.12. The number of aliphatic hydroxyl groups is 1. The van der Waals surface area contributed by atoms with Crippen molar-refractivity contribution in [3.63, 3.8) is 0 Å². The van der Waals surface area contributed by atoms with Crippen molar-refractivity contribution in [3.05, 3.63) is 0 Å². The van der Waals surface area contributed by atoms with Crippen LogP contribution in [0.4, 0.5) is 0 Å². The van der Waals surface area contributed by atoms with Gasteiger partial charge in [0.2, 0.25) is 0 Å². The van der Waals surface area contributed by atoms with E-state index in [-0.39, 0.29) is 0 Å². The van der Waals surface area contributed by atoms with Gasteiger partial charge in [-0.2, -0.15) is 0 Å². The number of unbranched alkanes of at least 4 members (excludes halogenated alkanes) is 2. The quantitative estimate of drug-likeness (QED) is 0.550. The van der Waals surface area contributed by atoms with E-state index in [1.54, 1.807) is 0 Å². The summed E-state index contributed by atoms with van der Waals surface area (Å²) >= 11 is 0. The second-order valence-electron chi connectivity index (χ2n) is 4.66. The first-order valence-electron chi connectivity index (χ1n) is 7.11. The Hall–Kier alpha value is -0.0800. The largest absolute Gasteiger partial charge is 0.396 e. The molecule has 0 aliphatic rings. The molecule has 0 saturated carbocycles. The van der Waals surface area contributed by atoms with Crippen LogP contribution < -0.4 is 0 Å². The van der Waals surface area contributed by atoms with Gasteiger partial charge in [0.15, 0.2) is 0 Å². The van der Waals surface area contributed by atoms with Gasteiger partial charge in [0.1, 0.15) is 0 Å². The molecule has 1 atom stereocenters. The Morgan fingerprint density at radius 1 is 0.938 bits per heavy atom. The minimum Gasteiger partial charge on any atom is -0.396 e. The Bertz CT molecular complexity index is 135. The van der Waals surface area contributed by atoms with E-state index in [0.29, 0.717) is 6.61 Å². The van der Waals surface area contributed by atoms with Gasteiger partial charge in [-0.25, -0.2) is 0 Å². The predicted octanol–water partition coefficient (Wildman–Crippen LogP) is 3.30. The van der Waals surface area contributed by atoms with Crippen LogP contribution in [0.2, 0.25) is 0 Å². The summed E-state index contributed by atoms with van der Waals surface area (Å²) in [5.41, 5.74) is 0. The monoisotopic (exact) mass is 229 g/mol. The second kappa shape index (κ2) is 11.4. The van der Waals surface area contributed by atoms with Crippen LogP contribution in [0.5, 0.6) is 0 Å². The molecule has 2 heteroatoms. The van der Waals surface area contributed by atoms with Crippen LogP contribution in [-0.2, 0) is 0 Å². The molecule has 0 rings (SSSR count). The van der Waals surface area contributed by atoms with Gasteiger partial charge >= 0.3 is 0 Å². The fraction of sp³-hybridized carbons (Fsp3) is 1.00. The van der Waals surface area contributed by atoms with Crippen LogP contribution in [0.25, 0.3) is 0 Å². The van der Waals surface area contributed by atoms with Crippen LogP contribution >= 0.6 is 0 Å². The maximum atomic E-state index is 8.90. The highest BCUT2D eigenvalue weighted by atomic mass is 16.3. The predicted molar refractivity (Wildman–Crippen MR) is 71.7 cm³/mol. The van der Waals surface area contributed by atoms with E-state index in [0.717, 1.165) is 12.3 Å². The van der Waals surface area contributed by atoms with Gasteiger partial charge in [-0.3, -0.25) is 0 Å². The number of rotatable bonds is 11. The SMILES string of the molecule is CC[C@@H](CCO)CCCCCN(CC)CC. The molecule has 0 amide bonds. The van der Waals surface area contributed by atoms with Gasteiger partial charge in [0.05, 0.1) is 0 Å². The van der Waals surface area contributed by atoms with Crippen LogP contribution in [-0.4, -0.2) is 36.2 Å². The molecule has 0 unspecified atom stereocenters. The lowest BCUT2D eigenvalue weighted by molar-refractivity contribution is 0.245. The molecule has 0 aromatic heterocycles. The van der Waals surface area contributed by atoms with Gasteiger partial charge in [-0.05, 0) is 38.4 Å². The average molecular weight is 229 g/mol. The molecule has 16 heavy (non-hydrogen) atoms. The highest BCUT2D eigenvalue weighted by Gasteiger charge is 2.05. The van der Waals surface area contributed by atoms with Crippen molar-refractivity contribution in [1.29, 1.82) is 0 Å². The third-order valence-electron chi connectivity index (χ3n) is 3.60. The molecule has 0 aromatic carbocycles. The van der Waals surface area contributed by atoms with Gasteiger partial charge in [0, 0.05) is 6.61 Å². The highest BCUT2D eigenvalue weighted by Crippen LogP contribution is 2.16. The van der Waals surface area contributed by atoms with Crippen molar-refractivity contribution in [2.45, 2.75) is 59.3 Å². The van der Waals surface area contributed by atoms with Crippen LogP contribution in [0.1, 0.15) is 59.3 Å². The summed E-state index contributed by atoms with van der Waals surface area (Å²) in [6, 6.07) is 0. The van der Waals surface area contributed by atoms with Gasteiger partial charge < -0.3 is 10.0 Å². The summed E-state index contributed by atoms with van der Waals surface area (Å²) < 4.78 is 0. The summed E-state index contributed by atoms with van der Waals surface area (Å²) in [6.45, 7) is 10.7. The molecule has 0 bridgehead atoms. The number of hydrogen-bond donors (Lipinski definition) is 1. The Kier molecular flexibility index (Phi) is 11.3. The zero-order valence-corrected chi connectivity index (χ0v) is 11.5. The van der Waals surface area contributed by atoms with E-state index in [9.17, 15) is 0 Å². The average Bonchev–Trinajstić information content (AvgIpc) is 2.32. The molecule has 0 heterocycles. The molecular weight excluding hydrogens is 198 g/mol. The highest BCUT2D eigenvalue weighted by molar-refractivity contribution is 4.58. The van der Waals surface area contributed by atoms with E-state index in [4.69, 9.17) is 5.11 Å². The number of nitrogens with zero attached hydrogens (tertiary/aromatic N) is 1. The number of hydrogen-bond acceptors (Lipinski definition) is 2. The fourth-order valence-electron chi connectivity index (χ4n) is 2.22. The van der Waals surface area contributed by atoms with E-state index < -0.39 is 0 Å². The number of aliphatic hydroxyl groups excluding tert-OH is 1. The summed E-state index contributed by atoms with van der Waals surface area (Å²) in [7, 11) is 0. The summed E-state index contributed by atoms with van der Waals surface area (Å²) in [6.07, 6.45) is 7.52. The molecule has 0 aliphatic heterocycles. The third-order valence-corrected chi connectivity index (χ3v) is 3.60. The molecule has 0 saturated heterocycles. The lowest BCUT2D eigenvalue weighted by atomic mass is 9.96. The minimum absolute atomic E-state index is 0.359. The molecule has 2 nitrogen and oxygen atoms in total. The maximum Gasteiger partial charge on any atom is 0.0433 e. The maximum absolute atomic E-state index is 8.90. The smallest absolute Gasteiger partial charge is 0.0433 e. The first kappa shape index (κ1) is 15.9. The normalized spacial score (nSPS) is 13.3. The molecule has 0 aromatic rings. The van der Waals surface area contributed by atoms with E-state index in [1.165, 1.54) is 51.7 Å². The Morgan fingerprint density at radius 2 is 1.62 bits per heavy atom. The summed E-state index contributed by atoms with van der Waals surface area (Å²) in [4.78, 5) is 2.49. The Morgan fingerprint density at radius 3 is 2.12 bits per heavy atom. The van der Waals surface area contributed by atoms with Gasteiger partial charge in [-0.1, -0.05) is 46.5 Å². The second-order valence-corrected chi connectivity index (χ2v) is 4.66. The molecule has 0 spiro atoms. The molecule has 0 aliphatic carbocycles. The van der Waals surface area contributed by atoms with Crippen molar-refractivity contribution in [2.24, 2.45) is 5.92 Å². The Labute approximate surface area is 102 Å². The molecule has 0 fully saturated rings. The van der Waals surface area contributed by atoms with Crippen LogP contribution in [0, 0.1) is 5.92 Å². The lowest BCUT2D eigenvalue weighted by Gasteiger charge is -2.18. The topological polar surface area (TPSA) is 23.5 Å². The Balaban J connectivity index is 3.37. The van der Waals surface area contributed by atoms with Crippen LogP contribution in [0.3, 0.4) is 0 Å². The minimum atomic E-state index is 0.359. The van der Waals surface area contributed by atoms with E-state index in [1.807, 2.05) is 0 Å². The summed E-state index contributed by atoms with van der Waals surface area (Å²) in [5.74, 6) is 0.749. The first-order valence-corrected chi connectivity index (χ1v) is 7.11. The fourth-order valence-corrected chi connectivity index (χ4v) is 2.22. The van der Waals surface area contributed by atoms with Crippen molar-refractivity contribution in [2.75, 3.05) is 26.2 Å². The molecular formula is C14H31NO. The zero-order chi connectivity index (χ0) is 12.2. The first-order chi connectivity index (χ1) is 7.78. The molecule has 98 valence electrons. The van der Waals surface area contributed by atoms with Crippen molar-refractivity contribution >= 4 is 0 Å².